The smallest absolute Gasteiger partial charge is 0.393 e. The van der Waals surface area contributed by atoms with E-state index in [1.807, 2.05) is 0 Å². The van der Waals surface area contributed by atoms with Crippen LogP contribution in [0, 0.1) is 15.9 Å². The SMILES string of the molecule is Nc1c(C(F)(F)F)cc(F)c(C(F)(F)F)c1[N+](=O)[O-]. The summed E-state index contributed by atoms with van der Waals surface area (Å²) in [7, 11) is 0. The van der Waals surface area contributed by atoms with Crippen molar-refractivity contribution in [3.05, 3.63) is 33.1 Å². The molecule has 2 N–H and O–H groups in total. The second kappa shape index (κ2) is 4.24. The molecule has 0 unspecified atom stereocenters. The van der Waals surface area contributed by atoms with Crippen molar-refractivity contribution >= 4 is 11.4 Å². The van der Waals surface area contributed by atoms with E-state index in [-0.39, 0.29) is 0 Å². The number of hydrogen-bond acceptors (Lipinski definition) is 3. The molecule has 0 heterocycles. The average molecular weight is 292 g/mol. The molecule has 19 heavy (non-hydrogen) atoms. The van der Waals surface area contributed by atoms with Gasteiger partial charge in [0.05, 0.1) is 10.5 Å². The number of nitrogens with two attached hydrogens (primary N) is 1. The van der Waals surface area contributed by atoms with E-state index in [9.17, 15) is 40.8 Å². The summed E-state index contributed by atoms with van der Waals surface area (Å²) in [6.07, 6.45) is -10.9. The molecule has 0 aliphatic rings. The molecule has 0 bridgehead atoms. The monoisotopic (exact) mass is 292 g/mol. The summed E-state index contributed by atoms with van der Waals surface area (Å²) >= 11 is 0. The van der Waals surface area contributed by atoms with Crippen molar-refractivity contribution in [1.82, 2.24) is 0 Å². The van der Waals surface area contributed by atoms with Crippen LogP contribution in [-0.4, -0.2) is 4.92 Å². The Balaban J connectivity index is 3.82. The van der Waals surface area contributed by atoms with Crippen LogP contribution in [0.4, 0.5) is 42.1 Å². The number of nitro benzene ring substituents is 1. The Morgan fingerprint density at radius 3 is 1.89 bits per heavy atom. The van der Waals surface area contributed by atoms with Crippen molar-refractivity contribution in [1.29, 1.82) is 0 Å². The van der Waals surface area contributed by atoms with Gasteiger partial charge in [-0.25, -0.2) is 4.39 Å². The minimum atomic E-state index is -5.55. The molecular weight excluding hydrogens is 289 g/mol. The number of hydrogen-bond donors (Lipinski definition) is 1. The third-order valence-corrected chi connectivity index (χ3v) is 2.06. The molecule has 0 aliphatic carbocycles. The number of benzene rings is 1. The lowest BCUT2D eigenvalue weighted by Crippen LogP contribution is -2.18. The fourth-order valence-corrected chi connectivity index (χ4v) is 1.35. The molecule has 0 radical (unpaired) electrons. The van der Waals surface area contributed by atoms with Crippen LogP contribution in [0.25, 0.3) is 0 Å². The van der Waals surface area contributed by atoms with Crippen LogP contribution in [0.5, 0.6) is 0 Å². The number of rotatable bonds is 1. The number of nitrogen functional groups attached to an aromatic ring is 1. The molecule has 0 saturated carbocycles. The van der Waals surface area contributed by atoms with Gasteiger partial charge in [0.25, 0.3) is 0 Å². The molecular formula is C8H3F7N2O2. The van der Waals surface area contributed by atoms with Crippen LogP contribution >= 0.6 is 0 Å². The predicted molar refractivity (Wildman–Crippen MR) is 47.5 cm³/mol. The van der Waals surface area contributed by atoms with E-state index < -0.39 is 51.7 Å². The van der Waals surface area contributed by atoms with Crippen molar-refractivity contribution in [2.75, 3.05) is 5.73 Å². The molecule has 0 spiro atoms. The lowest BCUT2D eigenvalue weighted by molar-refractivity contribution is -0.387. The number of anilines is 1. The zero-order chi connectivity index (χ0) is 15.2. The van der Waals surface area contributed by atoms with Gasteiger partial charge in [-0.3, -0.25) is 10.1 Å². The molecule has 0 saturated heterocycles. The molecule has 1 aromatic rings. The molecule has 4 nitrogen and oxygen atoms in total. The number of alkyl halides is 6. The highest BCUT2D eigenvalue weighted by Gasteiger charge is 2.47. The van der Waals surface area contributed by atoms with E-state index in [1.165, 1.54) is 0 Å². The van der Waals surface area contributed by atoms with Crippen molar-refractivity contribution in [3.8, 4) is 0 Å². The van der Waals surface area contributed by atoms with Crippen molar-refractivity contribution in [2.45, 2.75) is 12.4 Å². The summed E-state index contributed by atoms with van der Waals surface area (Å²) in [6.45, 7) is 0. The minimum Gasteiger partial charge on any atom is -0.393 e. The Kier molecular flexibility index (Phi) is 3.35. The average Bonchev–Trinajstić information content (AvgIpc) is 2.16. The van der Waals surface area contributed by atoms with Crippen LogP contribution in [-0.2, 0) is 12.4 Å². The fraction of sp³-hybridized carbons (Fsp3) is 0.250. The lowest BCUT2D eigenvalue weighted by atomic mass is 10.0. The van der Waals surface area contributed by atoms with Crippen LogP contribution < -0.4 is 5.73 Å². The van der Waals surface area contributed by atoms with Crippen LogP contribution in [0.2, 0.25) is 0 Å². The molecule has 0 amide bonds. The lowest BCUT2D eigenvalue weighted by Gasteiger charge is -2.14. The van der Waals surface area contributed by atoms with Gasteiger partial charge < -0.3 is 5.73 Å². The van der Waals surface area contributed by atoms with E-state index in [0.29, 0.717) is 0 Å². The van der Waals surface area contributed by atoms with Gasteiger partial charge in [0.15, 0.2) is 5.56 Å². The van der Waals surface area contributed by atoms with E-state index >= 15 is 0 Å². The largest absolute Gasteiger partial charge is 0.425 e. The van der Waals surface area contributed by atoms with Crippen LogP contribution in [0.3, 0.4) is 0 Å². The van der Waals surface area contributed by atoms with E-state index in [4.69, 9.17) is 5.73 Å². The van der Waals surface area contributed by atoms with Gasteiger partial charge in [-0.15, -0.1) is 0 Å². The molecule has 1 aromatic carbocycles. The molecule has 11 heteroatoms. The Morgan fingerprint density at radius 1 is 1.11 bits per heavy atom. The summed E-state index contributed by atoms with van der Waals surface area (Å²) in [5.74, 6) is -2.42. The zero-order valence-corrected chi connectivity index (χ0v) is 8.56. The second-order valence-corrected chi connectivity index (χ2v) is 3.30. The topological polar surface area (TPSA) is 69.2 Å². The van der Waals surface area contributed by atoms with E-state index in [2.05, 4.69) is 0 Å². The Morgan fingerprint density at radius 2 is 1.58 bits per heavy atom. The highest BCUT2D eigenvalue weighted by Crippen LogP contribution is 2.46. The van der Waals surface area contributed by atoms with Gasteiger partial charge in [-0.2, -0.15) is 26.3 Å². The summed E-state index contributed by atoms with van der Waals surface area (Å²) < 4.78 is 87.3. The van der Waals surface area contributed by atoms with Gasteiger partial charge in [-0.05, 0) is 6.07 Å². The summed E-state index contributed by atoms with van der Waals surface area (Å²) in [5.41, 5.74) is -3.71. The molecule has 0 aliphatic heterocycles. The molecule has 1 rings (SSSR count). The first-order valence-electron chi connectivity index (χ1n) is 4.28. The van der Waals surface area contributed by atoms with Gasteiger partial charge >= 0.3 is 18.0 Å². The maximum atomic E-state index is 13.1. The molecule has 0 atom stereocenters. The van der Waals surface area contributed by atoms with Crippen molar-refractivity contribution in [2.24, 2.45) is 0 Å². The van der Waals surface area contributed by atoms with Crippen LogP contribution in [0.1, 0.15) is 11.1 Å². The summed E-state index contributed by atoms with van der Waals surface area (Å²) in [6, 6.07) is -0.523. The van der Waals surface area contributed by atoms with Gasteiger partial charge in [0, 0.05) is 0 Å². The highest BCUT2D eigenvalue weighted by molar-refractivity contribution is 5.68. The first-order valence-corrected chi connectivity index (χ1v) is 4.28. The third-order valence-electron chi connectivity index (χ3n) is 2.06. The van der Waals surface area contributed by atoms with E-state index in [0.717, 1.165) is 0 Å². The maximum Gasteiger partial charge on any atom is 0.425 e. The molecule has 0 fully saturated rings. The second-order valence-electron chi connectivity index (χ2n) is 3.30. The Labute approximate surface area is 99.3 Å². The maximum absolute atomic E-state index is 13.1. The number of nitrogens with zero attached hydrogens (tertiary/aromatic N) is 1. The zero-order valence-electron chi connectivity index (χ0n) is 8.56. The molecule has 0 aromatic heterocycles. The van der Waals surface area contributed by atoms with Crippen molar-refractivity contribution < 1.29 is 35.7 Å². The first kappa shape index (κ1) is 15.0. The minimum absolute atomic E-state index is 0.523. The Hall–Kier alpha value is -2.07. The van der Waals surface area contributed by atoms with Crippen molar-refractivity contribution in [3.63, 3.8) is 0 Å². The quantitative estimate of drug-likeness (QED) is 0.373. The standard InChI is InChI=1S/C8H3F7N2O2/c9-3-1-2(7(10,11)12)5(16)6(17(18)19)4(3)8(13,14)15/h1H,16H2. The highest BCUT2D eigenvalue weighted by atomic mass is 19.4. The predicted octanol–water partition coefficient (Wildman–Crippen LogP) is 3.35. The Bertz CT molecular complexity index is 535. The first-order chi connectivity index (χ1) is 8.37. The van der Waals surface area contributed by atoms with E-state index in [1.54, 1.807) is 0 Å². The summed E-state index contributed by atoms with van der Waals surface area (Å²) in [5, 5.41) is 10.4. The van der Waals surface area contributed by atoms with Crippen LogP contribution in [0.15, 0.2) is 6.07 Å². The van der Waals surface area contributed by atoms with Gasteiger partial charge in [0.1, 0.15) is 11.5 Å². The third kappa shape index (κ3) is 2.69. The van der Waals surface area contributed by atoms with Gasteiger partial charge in [0.2, 0.25) is 0 Å². The molecule has 106 valence electrons. The number of halogens is 7. The normalized spacial score (nSPS) is 12.6. The summed E-state index contributed by atoms with van der Waals surface area (Å²) in [4.78, 5) is 8.60. The number of nitro groups is 1. The van der Waals surface area contributed by atoms with Gasteiger partial charge in [-0.1, -0.05) is 0 Å². The fourth-order valence-electron chi connectivity index (χ4n) is 1.35.